The van der Waals surface area contributed by atoms with Crippen LogP contribution in [-0.4, -0.2) is 21.7 Å². The Bertz CT molecular complexity index is 478. The van der Waals surface area contributed by atoms with Gasteiger partial charge in [-0.15, -0.1) is 0 Å². The molecule has 2 N–H and O–H groups in total. The SMILES string of the molecule is OC[C@@H](Nc1nccnc1Cl)c1ccccc1. The number of nitrogens with one attached hydrogen (secondary N) is 1. The van der Waals surface area contributed by atoms with Crippen LogP contribution in [0.4, 0.5) is 5.82 Å². The average Bonchev–Trinajstić information content (AvgIpc) is 2.39. The van der Waals surface area contributed by atoms with Crippen molar-refractivity contribution in [3.05, 3.63) is 53.4 Å². The quantitative estimate of drug-likeness (QED) is 0.873. The van der Waals surface area contributed by atoms with Crippen molar-refractivity contribution in [3.8, 4) is 0 Å². The van der Waals surface area contributed by atoms with Crippen LogP contribution in [0.25, 0.3) is 0 Å². The molecule has 1 aromatic heterocycles. The molecule has 0 spiro atoms. The van der Waals surface area contributed by atoms with Crippen LogP contribution in [-0.2, 0) is 0 Å². The second kappa shape index (κ2) is 5.61. The summed E-state index contributed by atoms with van der Waals surface area (Å²) in [4.78, 5) is 7.99. The van der Waals surface area contributed by atoms with Crippen LogP contribution >= 0.6 is 11.6 Å². The smallest absolute Gasteiger partial charge is 0.171 e. The van der Waals surface area contributed by atoms with Crippen molar-refractivity contribution in [2.75, 3.05) is 11.9 Å². The lowest BCUT2D eigenvalue weighted by atomic mass is 10.1. The highest BCUT2D eigenvalue weighted by molar-refractivity contribution is 6.31. The minimum atomic E-state index is -0.245. The summed E-state index contributed by atoms with van der Waals surface area (Å²) < 4.78 is 0. The van der Waals surface area contributed by atoms with Crippen LogP contribution in [0.5, 0.6) is 0 Å². The van der Waals surface area contributed by atoms with Gasteiger partial charge in [-0.25, -0.2) is 9.97 Å². The lowest BCUT2D eigenvalue weighted by Crippen LogP contribution is -2.16. The van der Waals surface area contributed by atoms with Gasteiger partial charge in [-0.05, 0) is 5.56 Å². The van der Waals surface area contributed by atoms with E-state index in [1.807, 2.05) is 30.3 Å². The van der Waals surface area contributed by atoms with E-state index in [0.717, 1.165) is 5.56 Å². The molecule has 4 nitrogen and oxygen atoms in total. The Balaban J connectivity index is 2.19. The number of benzene rings is 1. The van der Waals surface area contributed by atoms with Crippen molar-refractivity contribution in [1.82, 2.24) is 9.97 Å². The second-order valence-corrected chi connectivity index (χ2v) is 3.84. The number of aromatic nitrogens is 2. The van der Waals surface area contributed by atoms with Crippen molar-refractivity contribution in [2.45, 2.75) is 6.04 Å². The van der Waals surface area contributed by atoms with Crippen LogP contribution in [0.15, 0.2) is 42.7 Å². The standard InChI is InChI=1S/C12H12ClN3O/c13-11-12(15-7-6-14-11)16-10(8-17)9-4-2-1-3-5-9/h1-7,10,17H,8H2,(H,15,16)/t10-/m1/s1. The highest BCUT2D eigenvalue weighted by atomic mass is 35.5. The molecule has 0 unspecified atom stereocenters. The Kier molecular flexibility index (Phi) is 3.90. The average molecular weight is 250 g/mol. The summed E-state index contributed by atoms with van der Waals surface area (Å²) in [7, 11) is 0. The third kappa shape index (κ3) is 2.93. The molecule has 5 heteroatoms. The summed E-state index contributed by atoms with van der Waals surface area (Å²) in [5, 5.41) is 12.7. The first-order valence-electron chi connectivity index (χ1n) is 5.20. The third-order valence-electron chi connectivity index (χ3n) is 2.35. The molecule has 0 aliphatic carbocycles. The van der Waals surface area contributed by atoms with E-state index in [1.165, 1.54) is 6.20 Å². The Morgan fingerprint density at radius 3 is 2.53 bits per heavy atom. The monoisotopic (exact) mass is 249 g/mol. The van der Waals surface area contributed by atoms with E-state index in [1.54, 1.807) is 6.20 Å². The molecule has 2 rings (SSSR count). The van der Waals surface area contributed by atoms with E-state index in [-0.39, 0.29) is 12.6 Å². The van der Waals surface area contributed by atoms with Crippen molar-refractivity contribution < 1.29 is 5.11 Å². The first-order valence-corrected chi connectivity index (χ1v) is 5.58. The first-order chi connectivity index (χ1) is 8.31. The maximum Gasteiger partial charge on any atom is 0.171 e. The molecule has 0 bridgehead atoms. The molecule has 0 radical (unpaired) electrons. The molecule has 0 aliphatic rings. The second-order valence-electron chi connectivity index (χ2n) is 3.49. The molecule has 0 aliphatic heterocycles. The summed E-state index contributed by atoms with van der Waals surface area (Å²) in [6.45, 7) is -0.0447. The fourth-order valence-electron chi connectivity index (χ4n) is 1.50. The normalized spacial score (nSPS) is 12.1. The Labute approximate surface area is 104 Å². The van der Waals surface area contributed by atoms with E-state index >= 15 is 0 Å². The molecule has 88 valence electrons. The van der Waals surface area contributed by atoms with Gasteiger partial charge in [-0.3, -0.25) is 0 Å². The molecule has 1 heterocycles. The highest BCUT2D eigenvalue weighted by Crippen LogP contribution is 2.21. The summed E-state index contributed by atoms with van der Waals surface area (Å²) in [5.41, 5.74) is 0.969. The van der Waals surface area contributed by atoms with Gasteiger partial charge in [0.25, 0.3) is 0 Å². The molecule has 0 fully saturated rings. The van der Waals surface area contributed by atoms with Crippen LogP contribution in [0.3, 0.4) is 0 Å². The van der Waals surface area contributed by atoms with E-state index in [4.69, 9.17) is 11.6 Å². The van der Waals surface area contributed by atoms with Gasteiger partial charge in [-0.2, -0.15) is 0 Å². The summed E-state index contributed by atoms with van der Waals surface area (Å²) in [6, 6.07) is 9.37. The summed E-state index contributed by atoms with van der Waals surface area (Å²) in [6.07, 6.45) is 3.07. The van der Waals surface area contributed by atoms with Crippen molar-refractivity contribution in [3.63, 3.8) is 0 Å². The zero-order chi connectivity index (χ0) is 12.1. The number of halogens is 1. The zero-order valence-electron chi connectivity index (χ0n) is 9.05. The van der Waals surface area contributed by atoms with E-state index < -0.39 is 0 Å². The van der Waals surface area contributed by atoms with Crippen LogP contribution in [0.1, 0.15) is 11.6 Å². The van der Waals surface area contributed by atoms with Gasteiger partial charge in [-0.1, -0.05) is 41.9 Å². The Morgan fingerprint density at radius 1 is 1.18 bits per heavy atom. The van der Waals surface area contributed by atoms with Crippen molar-refractivity contribution in [1.29, 1.82) is 0 Å². The van der Waals surface area contributed by atoms with Crippen LogP contribution in [0, 0.1) is 0 Å². The van der Waals surface area contributed by atoms with E-state index in [9.17, 15) is 5.11 Å². The van der Waals surface area contributed by atoms with Crippen molar-refractivity contribution in [2.24, 2.45) is 0 Å². The van der Waals surface area contributed by atoms with E-state index in [0.29, 0.717) is 11.0 Å². The molecule has 0 saturated heterocycles. The number of anilines is 1. The third-order valence-corrected chi connectivity index (χ3v) is 2.63. The predicted octanol–water partition coefficient (Wildman–Crippen LogP) is 2.28. The van der Waals surface area contributed by atoms with Gasteiger partial charge >= 0.3 is 0 Å². The van der Waals surface area contributed by atoms with Gasteiger partial charge < -0.3 is 10.4 Å². The lowest BCUT2D eigenvalue weighted by Gasteiger charge is -2.17. The lowest BCUT2D eigenvalue weighted by molar-refractivity contribution is 0.276. The van der Waals surface area contributed by atoms with Crippen LogP contribution in [0.2, 0.25) is 5.15 Å². The highest BCUT2D eigenvalue weighted by Gasteiger charge is 2.12. The first kappa shape index (κ1) is 11.8. The number of aliphatic hydroxyl groups is 1. The molecule has 17 heavy (non-hydrogen) atoms. The number of rotatable bonds is 4. The molecular weight excluding hydrogens is 238 g/mol. The molecule has 2 aromatic rings. The van der Waals surface area contributed by atoms with Gasteiger partial charge in [0.2, 0.25) is 0 Å². The number of aliphatic hydroxyl groups excluding tert-OH is 1. The minimum Gasteiger partial charge on any atom is -0.394 e. The number of nitrogens with zero attached hydrogens (tertiary/aromatic N) is 2. The van der Waals surface area contributed by atoms with Crippen molar-refractivity contribution >= 4 is 17.4 Å². The fraction of sp³-hybridized carbons (Fsp3) is 0.167. The largest absolute Gasteiger partial charge is 0.394 e. The molecule has 1 atom stereocenters. The van der Waals surface area contributed by atoms with Gasteiger partial charge in [0.15, 0.2) is 11.0 Å². The topological polar surface area (TPSA) is 58.0 Å². The minimum absolute atomic E-state index is 0.0447. The maximum atomic E-state index is 9.38. The molecule has 1 aromatic carbocycles. The molecular formula is C12H12ClN3O. The molecule has 0 amide bonds. The molecule has 0 saturated carbocycles. The number of hydrogen-bond acceptors (Lipinski definition) is 4. The van der Waals surface area contributed by atoms with Crippen LogP contribution < -0.4 is 5.32 Å². The summed E-state index contributed by atoms with van der Waals surface area (Å²) in [5.74, 6) is 0.470. The fourth-order valence-corrected chi connectivity index (χ4v) is 1.66. The summed E-state index contributed by atoms with van der Waals surface area (Å²) >= 11 is 5.90. The Morgan fingerprint density at radius 2 is 1.88 bits per heavy atom. The zero-order valence-corrected chi connectivity index (χ0v) is 9.80. The predicted molar refractivity (Wildman–Crippen MR) is 66.9 cm³/mol. The van der Waals surface area contributed by atoms with Gasteiger partial charge in [0.1, 0.15) is 0 Å². The van der Waals surface area contributed by atoms with Gasteiger partial charge in [0, 0.05) is 12.4 Å². The van der Waals surface area contributed by atoms with E-state index in [2.05, 4.69) is 15.3 Å². The van der Waals surface area contributed by atoms with Gasteiger partial charge in [0.05, 0.1) is 12.6 Å². The maximum absolute atomic E-state index is 9.38. The number of hydrogen-bond donors (Lipinski definition) is 2. The Hall–Kier alpha value is -1.65.